The van der Waals surface area contributed by atoms with Gasteiger partial charge in [0.05, 0.1) is 6.10 Å². The highest BCUT2D eigenvalue weighted by Gasteiger charge is 2.60. The van der Waals surface area contributed by atoms with Crippen molar-refractivity contribution in [3.63, 3.8) is 0 Å². The summed E-state index contributed by atoms with van der Waals surface area (Å²) in [4.78, 5) is 39.8. The minimum absolute atomic E-state index is 0.0699. The third kappa shape index (κ3) is 5.86. The van der Waals surface area contributed by atoms with E-state index in [2.05, 4.69) is 23.3 Å². The molecule has 2 saturated carbocycles. The maximum Gasteiger partial charge on any atom is 0.472 e. The van der Waals surface area contributed by atoms with Gasteiger partial charge in [-0.25, -0.2) is 9.55 Å². The van der Waals surface area contributed by atoms with Crippen LogP contribution >= 0.6 is 19.2 Å². The predicted octanol–water partition coefficient (Wildman–Crippen LogP) is 6.01. The molecule has 5 rings (SSSR count). The van der Waals surface area contributed by atoms with Crippen LogP contribution in [-0.4, -0.2) is 35.0 Å². The SMILES string of the molecule is COP(=O)(O)OC1CC(CCC(=O)Nc2ncc(C)s2)C2C3CCc4cc(OC(C)=O)ccc4C3CCC12C. The second-order valence-electron chi connectivity index (χ2n) is 11.4. The number of aryl methyl sites for hydroxylation is 2. The molecule has 2 aromatic rings. The van der Waals surface area contributed by atoms with E-state index in [0.29, 0.717) is 42.0 Å². The molecular weight excluding hydrogens is 539 g/mol. The second-order valence-corrected chi connectivity index (χ2v) is 14.2. The molecule has 1 aromatic heterocycles. The van der Waals surface area contributed by atoms with Gasteiger partial charge in [-0.05, 0) is 97.8 Å². The van der Waals surface area contributed by atoms with Gasteiger partial charge >= 0.3 is 13.8 Å². The molecule has 11 heteroatoms. The van der Waals surface area contributed by atoms with E-state index in [4.69, 9.17) is 13.8 Å². The molecule has 0 bridgehead atoms. The molecule has 1 amide bonds. The van der Waals surface area contributed by atoms with Crippen LogP contribution in [-0.2, 0) is 29.6 Å². The molecule has 39 heavy (non-hydrogen) atoms. The topological polar surface area (TPSA) is 124 Å². The molecule has 212 valence electrons. The molecule has 2 fully saturated rings. The maximum atomic E-state index is 12.8. The molecule has 1 heterocycles. The summed E-state index contributed by atoms with van der Waals surface area (Å²) in [6.45, 7) is 5.54. The first kappa shape index (κ1) is 28.4. The van der Waals surface area contributed by atoms with Crippen LogP contribution in [0.15, 0.2) is 24.4 Å². The minimum Gasteiger partial charge on any atom is -0.427 e. The van der Waals surface area contributed by atoms with Crippen LogP contribution in [0.3, 0.4) is 0 Å². The smallest absolute Gasteiger partial charge is 0.427 e. The molecule has 3 aliphatic rings. The van der Waals surface area contributed by atoms with Crippen molar-refractivity contribution in [2.24, 2.45) is 23.2 Å². The molecule has 9 nitrogen and oxygen atoms in total. The van der Waals surface area contributed by atoms with E-state index in [1.54, 1.807) is 6.20 Å². The van der Waals surface area contributed by atoms with Crippen LogP contribution in [0.25, 0.3) is 0 Å². The second kappa shape index (κ2) is 11.1. The van der Waals surface area contributed by atoms with Gasteiger partial charge in [-0.15, -0.1) is 11.3 Å². The summed E-state index contributed by atoms with van der Waals surface area (Å²) in [6, 6.07) is 5.96. The van der Waals surface area contributed by atoms with Crippen molar-refractivity contribution < 1.29 is 32.8 Å². The van der Waals surface area contributed by atoms with Crippen molar-refractivity contribution >= 4 is 36.2 Å². The average Bonchev–Trinajstić information content (AvgIpc) is 3.41. The van der Waals surface area contributed by atoms with Crippen molar-refractivity contribution in [3.8, 4) is 5.75 Å². The van der Waals surface area contributed by atoms with Gasteiger partial charge in [-0.2, -0.15) is 0 Å². The van der Waals surface area contributed by atoms with Crippen molar-refractivity contribution in [2.45, 2.75) is 77.7 Å². The Bertz CT molecular complexity index is 1300. The number of fused-ring (bicyclic) bond motifs is 5. The van der Waals surface area contributed by atoms with Gasteiger partial charge in [0.2, 0.25) is 5.91 Å². The zero-order chi connectivity index (χ0) is 27.9. The number of phosphoric ester groups is 1. The number of hydrogen-bond acceptors (Lipinski definition) is 8. The van der Waals surface area contributed by atoms with E-state index in [-0.39, 0.29) is 29.1 Å². The fourth-order valence-electron chi connectivity index (χ4n) is 7.60. The number of carbonyl (C=O) groups is 2. The molecule has 7 atom stereocenters. The molecular formula is C28H37N2O7PS. The lowest BCUT2D eigenvalue weighted by Gasteiger charge is -2.52. The van der Waals surface area contributed by atoms with E-state index in [0.717, 1.165) is 30.6 Å². The zero-order valence-corrected chi connectivity index (χ0v) is 24.6. The normalized spacial score (nSPS) is 30.9. The van der Waals surface area contributed by atoms with Crippen molar-refractivity contribution in [1.29, 1.82) is 0 Å². The van der Waals surface area contributed by atoms with Crippen LogP contribution in [0.1, 0.15) is 74.3 Å². The molecule has 2 N–H and O–H groups in total. The number of esters is 1. The third-order valence-electron chi connectivity index (χ3n) is 9.12. The van der Waals surface area contributed by atoms with Gasteiger partial charge in [0, 0.05) is 31.5 Å². The fraction of sp³-hybridized carbons (Fsp3) is 0.607. The van der Waals surface area contributed by atoms with E-state index in [1.165, 1.54) is 36.5 Å². The summed E-state index contributed by atoms with van der Waals surface area (Å²) in [5.74, 6) is 1.27. The summed E-state index contributed by atoms with van der Waals surface area (Å²) < 4.78 is 28.4. The number of benzene rings is 1. The summed E-state index contributed by atoms with van der Waals surface area (Å²) in [6.07, 6.45) is 6.57. The number of ether oxygens (including phenoxy) is 1. The van der Waals surface area contributed by atoms with Crippen molar-refractivity contribution in [1.82, 2.24) is 4.98 Å². The standard InChI is InChI=1S/C28H37N2O7PS/c1-16-15-29-27(39-16)30-25(32)10-6-19-14-24(37-38(33,34)35-4)28(3)12-11-22-21-9-7-20(36-17(2)31)13-18(21)5-8-23(22)26(19)28/h7,9,13,15,19,22-24,26H,5-6,8,10-12,14H2,1-4H3,(H,33,34)(H,29,30,32). The Morgan fingerprint density at radius 1 is 1.31 bits per heavy atom. The zero-order valence-electron chi connectivity index (χ0n) is 22.8. The van der Waals surface area contributed by atoms with E-state index < -0.39 is 13.9 Å². The Morgan fingerprint density at radius 2 is 2.10 bits per heavy atom. The van der Waals surface area contributed by atoms with E-state index >= 15 is 0 Å². The number of amides is 1. The van der Waals surface area contributed by atoms with Crippen molar-refractivity contribution in [3.05, 3.63) is 40.4 Å². The molecule has 0 aliphatic heterocycles. The van der Waals surface area contributed by atoms with E-state index in [1.807, 2.05) is 19.1 Å². The molecule has 0 radical (unpaired) electrons. The highest BCUT2D eigenvalue weighted by molar-refractivity contribution is 7.47. The Balaban J connectivity index is 1.38. The fourth-order valence-corrected chi connectivity index (χ4v) is 9.01. The van der Waals surface area contributed by atoms with Gasteiger partial charge < -0.3 is 14.9 Å². The number of nitrogens with zero attached hydrogens (tertiary/aromatic N) is 1. The first-order chi connectivity index (χ1) is 18.5. The number of aromatic nitrogens is 1. The predicted molar refractivity (Wildman–Crippen MR) is 148 cm³/mol. The third-order valence-corrected chi connectivity index (χ3v) is 10.9. The number of carbonyl (C=O) groups excluding carboxylic acids is 2. The van der Waals surface area contributed by atoms with Gasteiger partial charge in [-0.1, -0.05) is 13.0 Å². The quantitative estimate of drug-likeness (QED) is 0.222. The lowest BCUT2D eigenvalue weighted by atomic mass is 9.53. The number of thiazole rings is 1. The first-order valence-electron chi connectivity index (χ1n) is 13.6. The number of rotatable bonds is 8. The lowest BCUT2D eigenvalue weighted by Crippen LogP contribution is -2.46. The highest BCUT2D eigenvalue weighted by Crippen LogP contribution is 2.66. The number of hydrogen-bond donors (Lipinski definition) is 2. The molecule has 7 unspecified atom stereocenters. The van der Waals surface area contributed by atoms with Gasteiger partial charge in [0.1, 0.15) is 5.75 Å². The number of nitrogens with one attached hydrogen (secondary N) is 1. The Kier molecular flexibility index (Phi) is 8.06. The summed E-state index contributed by atoms with van der Waals surface area (Å²) in [5.41, 5.74) is 2.22. The van der Waals surface area contributed by atoms with Gasteiger partial charge in [-0.3, -0.25) is 18.6 Å². The largest absolute Gasteiger partial charge is 0.472 e. The van der Waals surface area contributed by atoms with Gasteiger partial charge in [0.15, 0.2) is 5.13 Å². The van der Waals surface area contributed by atoms with Crippen LogP contribution in [0, 0.1) is 30.1 Å². The Hall–Kier alpha value is -2.10. The van der Waals surface area contributed by atoms with Crippen LogP contribution < -0.4 is 10.1 Å². The van der Waals surface area contributed by atoms with Crippen LogP contribution in [0.4, 0.5) is 5.13 Å². The Labute approximate surface area is 233 Å². The molecule has 1 aromatic carbocycles. The van der Waals surface area contributed by atoms with Crippen LogP contribution in [0.5, 0.6) is 5.75 Å². The monoisotopic (exact) mass is 576 g/mol. The minimum atomic E-state index is -4.17. The summed E-state index contributed by atoms with van der Waals surface area (Å²) in [5, 5.41) is 3.51. The van der Waals surface area contributed by atoms with Gasteiger partial charge in [0.25, 0.3) is 0 Å². The van der Waals surface area contributed by atoms with E-state index in [9.17, 15) is 19.0 Å². The highest BCUT2D eigenvalue weighted by atomic mass is 32.1. The molecule has 0 spiro atoms. The lowest BCUT2D eigenvalue weighted by molar-refractivity contribution is -0.131. The maximum absolute atomic E-state index is 12.8. The summed E-state index contributed by atoms with van der Waals surface area (Å²) in [7, 11) is -2.98. The van der Waals surface area contributed by atoms with Crippen LogP contribution in [0.2, 0.25) is 0 Å². The Morgan fingerprint density at radius 3 is 2.79 bits per heavy atom. The van der Waals surface area contributed by atoms with Crippen molar-refractivity contribution in [2.75, 3.05) is 12.4 Å². The molecule has 0 saturated heterocycles. The summed E-state index contributed by atoms with van der Waals surface area (Å²) >= 11 is 1.45. The average molecular weight is 577 g/mol. The number of anilines is 1. The molecule has 3 aliphatic carbocycles. The first-order valence-corrected chi connectivity index (χ1v) is 15.9. The number of phosphoric acid groups is 1.